The molecule has 0 aliphatic heterocycles. The van der Waals surface area contributed by atoms with Crippen LogP contribution in [0.25, 0.3) is 5.69 Å². The molecule has 2 atom stereocenters. The minimum Gasteiger partial charge on any atom is -0.481 e. The third-order valence-corrected chi connectivity index (χ3v) is 5.48. The maximum atomic E-state index is 12.3. The van der Waals surface area contributed by atoms with Gasteiger partial charge in [0, 0.05) is 12.8 Å². The predicted octanol–water partition coefficient (Wildman–Crippen LogP) is 0.886. The second kappa shape index (κ2) is 15.0. The lowest BCUT2D eigenvalue weighted by atomic mass is 10.1. The molecule has 0 aliphatic carbocycles. The smallest absolute Gasteiger partial charge is 0.326 e. The standard InChI is InChI=1S/C24H30FN5O8/c25-12-2-4-16-14-30(29-28-16)17-8-6-15(7-9-17)3-1-5-20(31)27-19(24(37)38)13-21(32)26-18(23(35)36)10-11-22(33)34/h6-9,14,18-19H,1-5,10-13H2,(H,26,32)(H,27,31)(H,33,34)(H,35,36)(H,37,38)/t18-,19+/m0/s1. The number of rotatable bonds is 17. The monoisotopic (exact) mass is 535 g/mol. The average molecular weight is 536 g/mol. The summed E-state index contributed by atoms with van der Waals surface area (Å²) in [5.74, 6) is -5.71. The van der Waals surface area contributed by atoms with Gasteiger partial charge in [-0.15, -0.1) is 5.10 Å². The Morgan fingerprint density at radius 1 is 0.868 bits per heavy atom. The molecule has 2 aromatic rings. The molecule has 5 N–H and O–H groups in total. The van der Waals surface area contributed by atoms with Crippen LogP contribution < -0.4 is 10.6 Å². The number of aromatic nitrogens is 3. The van der Waals surface area contributed by atoms with Crippen molar-refractivity contribution in [3.63, 3.8) is 0 Å². The number of amides is 2. The largest absolute Gasteiger partial charge is 0.481 e. The molecule has 0 bridgehead atoms. The first kappa shape index (κ1) is 29.9. The molecule has 0 fully saturated rings. The highest BCUT2D eigenvalue weighted by Crippen LogP contribution is 2.12. The number of aliphatic carboxylic acids is 3. The van der Waals surface area contributed by atoms with Gasteiger partial charge in [-0.2, -0.15) is 0 Å². The third-order valence-electron chi connectivity index (χ3n) is 5.48. The Bertz CT molecular complexity index is 1120. The summed E-state index contributed by atoms with van der Waals surface area (Å²) >= 11 is 0. The highest BCUT2D eigenvalue weighted by molar-refractivity contribution is 5.90. The minimum absolute atomic E-state index is 0.00940. The number of nitrogens with one attached hydrogen (secondary N) is 2. The van der Waals surface area contributed by atoms with Crippen LogP contribution in [0.1, 0.15) is 49.8 Å². The van der Waals surface area contributed by atoms with Gasteiger partial charge in [-0.25, -0.2) is 14.3 Å². The zero-order valence-corrected chi connectivity index (χ0v) is 20.5. The molecule has 38 heavy (non-hydrogen) atoms. The summed E-state index contributed by atoms with van der Waals surface area (Å²) in [5.41, 5.74) is 2.38. The number of carboxylic acid groups (broad SMARTS) is 3. The van der Waals surface area contributed by atoms with Gasteiger partial charge < -0.3 is 26.0 Å². The highest BCUT2D eigenvalue weighted by atomic mass is 19.1. The number of halogens is 1. The second-order valence-electron chi connectivity index (χ2n) is 8.52. The molecule has 1 heterocycles. The number of benzene rings is 1. The predicted molar refractivity (Wildman–Crippen MR) is 129 cm³/mol. The molecule has 0 saturated carbocycles. The molecule has 0 aliphatic rings. The van der Waals surface area contributed by atoms with Crippen molar-refractivity contribution in [2.24, 2.45) is 0 Å². The number of hydrogen-bond acceptors (Lipinski definition) is 7. The van der Waals surface area contributed by atoms with Crippen LogP contribution in [0.3, 0.4) is 0 Å². The molecule has 0 saturated heterocycles. The Morgan fingerprint density at radius 2 is 1.53 bits per heavy atom. The van der Waals surface area contributed by atoms with Gasteiger partial charge in [0.15, 0.2) is 0 Å². The quantitative estimate of drug-likeness (QED) is 0.194. The summed E-state index contributed by atoms with van der Waals surface area (Å²) in [6, 6.07) is 4.27. The topological polar surface area (TPSA) is 201 Å². The number of carbonyl (C=O) groups excluding carboxylic acids is 2. The summed E-state index contributed by atoms with van der Waals surface area (Å²) in [6.07, 6.45) is 1.94. The van der Waals surface area contributed by atoms with E-state index in [2.05, 4.69) is 20.9 Å². The van der Waals surface area contributed by atoms with E-state index < -0.39 is 61.3 Å². The number of carboxylic acids is 3. The van der Waals surface area contributed by atoms with Crippen LogP contribution >= 0.6 is 0 Å². The fourth-order valence-corrected chi connectivity index (χ4v) is 3.49. The number of carbonyl (C=O) groups is 5. The van der Waals surface area contributed by atoms with Crippen LogP contribution in [0.4, 0.5) is 4.39 Å². The first-order valence-corrected chi connectivity index (χ1v) is 11.9. The van der Waals surface area contributed by atoms with E-state index in [4.69, 9.17) is 10.2 Å². The van der Waals surface area contributed by atoms with Gasteiger partial charge in [-0.05, 0) is 49.8 Å². The van der Waals surface area contributed by atoms with Gasteiger partial charge in [0.1, 0.15) is 12.1 Å². The van der Waals surface area contributed by atoms with Gasteiger partial charge in [0.2, 0.25) is 11.8 Å². The van der Waals surface area contributed by atoms with Crippen molar-refractivity contribution >= 4 is 29.7 Å². The van der Waals surface area contributed by atoms with E-state index in [0.29, 0.717) is 31.4 Å². The van der Waals surface area contributed by atoms with Crippen LogP contribution in [0.2, 0.25) is 0 Å². The average Bonchev–Trinajstić information content (AvgIpc) is 3.34. The van der Waals surface area contributed by atoms with E-state index in [1.165, 1.54) is 0 Å². The molecule has 0 unspecified atom stereocenters. The molecule has 0 spiro atoms. The van der Waals surface area contributed by atoms with E-state index in [-0.39, 0.29) is 12.8 Å². The summed E-state index contributed by atoms with van der Waals surface area (Å²) in [5, 5.41) is 39.5. The fraction of sp³-hybridized carbons (Fsp3) is 0.458. The van der Waals surface area contributed by atoms with Gasteiger partial charge in [-0.3, -0.25) is 18.8 Å². The van der Waals surface area contributed by atoms with Gasteiger partial charge >= 0.3 is 17.9 Å². The molecule has 2 rings (SSSR count). The number of aryl methyl sites for hydroxylation is 2. The molecule has 1 aromatic carbocycles. The van der Waals surface area contributed by atoms with Crippen molar-refractivity contribution in [3.8, 4) is 5.69 Å². The van der Waals surface area contributed by atoms with Crippen LogP contribution in [0.5, 0.6) is 0 Å². The van der Waals surface area contributed by atoms with Crippen molar-refractivity contribution in [1.82, 2.24) is 25.6 Å². The second-order valence-corrected chi connectivity index (χ2v) is 8.52. The summed E-state index contributed by atoms with van der Waals surface area (Å²) < 4.78 is 13.9. The maximum absolute atomic E-state index is 12.3. The molecule has 2 amide bonds. The van der Waals surface area contributed by atoms with Gasteiger partial charge in [0.25, 0.3) is 0 Å². The van der Waals surface area contributed by atoms with Crippen molar-refractivity contribution in [1.29, 1.82) is 0 Å². The molecule has 206 valence electrons. The summed E-state index contributed by atoms with van der Waals surface area (Å²) in [7, 11) is 0. The van der Waals surface area contributed by atoms with Crippen molar-refractivity contribution in [2.45, 2.75) is 63.5 Å². The fourth-order valence-electron chi connectivity index (χ4n) is 3.49. The Labute approximate surface area is 217 Å². The van der Waals surface area contributed by atoms with Crippen molar-refractivity contribution in [2.75, 3.05) is 6.67 Å². The lowest BCUT2D eigenvalue weighted by molar-refractivity contribution is -0.145. The van der Waals surface area contributed by atoms with Crippen molar-refractivity contribution in [3.05, 3.63) is 41.7 Å². The normalized spacial score (nSPS) is 12.3. The Balaban J connectivity index is 1.81. The summed E-state index contributed by atoms with van der Waals surface area (Å²) in [6.45, 7) is -0.421. The molecule has 13 nitrogen and oxygen atoms in total. The molecular weight excluding hydrogens is 505 g/mol. The van der Waals surface area contributed by atoms with Crippen molar-refractivity contribution < 1.29 is 43.7 Å². The summed E-state index contributed by atoms with van der Waals surface area (Å²) in [4.78, 5) is 57.7. The lowest BCUT2D eigenvalue weighted by Crippen LogP contribution is -2.47. The maximum Gasteiger partial charge on any atom is 0.326 e. The molecule has 0 radical (unpaired) electrons. The first-order valence-electron chi connectivity index (χ1n) is 11.9. The zero-order chi connectivity index (χ0) is 28.1. The minimum atomic E-state index is -1.58. The Hall–Kier alpha value is -4.36. The van der Waals surface area contributed by atoms with Crippen LogP contribution in [0.15, 0.2) is 30.5 Å². The number of alkyl halides is 1. The Kier molecular flexibility index (Phi) is 11.8. The van der Waals surface area contributed by atoms with Crippen LogP contribution in [-0.2, 0) is 36.8 Å². The molecule has 1 aromatic heterocycles. The third kappa shape index (κ3) is 10.3. The molecular formula is C24H30FN5O8. The van der Waals surface area contributed by atoms with E-state index >= 15 is 0 Å². The van der Waals surface area contributed by atoms with E-state index in [1.54, 1.807) is 10.9 Å². The van der Waals surface area contributed by atoms with Gasteiger partial charge in [0.05, 0.1) is 30.7 Å². The van der Waals surface area contributed by atoms with Crippen LogP contribution in [-0.4, -0.2) is 78.8 Å². The number of nitrogens with zero attached hydrogens (tertiary/aromatic N) is 3. The molecule has 14 heteroatoms. The van der Waals surface area contributed by atoms with Crippen LogP contribution in [0, 0.1) is 0 Å². The first-order chi connectivity index (χ1) is 18.1. The number of hydrogen-bond donors (Lipinski definition) is 5. The van der Waals surface area contributed by atoms with Gasteiger partial charge in [-0.1, -0.05) is 17.3 Å². The SMILES string of the molecule is O=C(O)CC[C@H](NC(=O)C[C@@H](NC(=O)CCCc1ccc(-n2cc(CCCF)nn2)cc1)C(=O)O)C(=O)O. The Morgan fingerprint density at radius 3 is 2.13 bits per heavy atom. The zero-order valence-electron chi connectivity index (χ0n) is 20.5. The highest BCUT2D eigenvalue weighted by Gasteiger charge is 2.26. The van der Waals surface area contributed by atoms with E-state index in [1.807, 2.05) is 24.3 Å². The van der Waals surface area contributed by atoms with E-state index in [0.717, 1.165) is 11.3 Å². The lowest BCUT2D eigenvalue weighted by Gasteiger charge is -2.17. The van der Waals surface area contributed by atoms with E-state index in [9.17, 15) is 33.5 Å².